The maximum atomic E-state index is 12.6. The Kier molecular flexibility index (Phi) is 5.58. The molecule has 0 aliphatic rings. The first-order valence-electron chi connectivity index (χ1n) is 8.16. The van der Waals surface area contributed by atoms with Gasteiger partial charge in [-0.05, 0) is 47.6 Å². The number of aromatic nitrogens is 1. The number of imide groups is 1. The molecule has 0 aliphatic carbocycles. The minimum absolute atomic E-state index is 0.129. The van der Waals surface area contributed by atoms with E-state index in [2.05, 4.69) is 4.98 Å². The fourth-order valence-electron chi connectivity index (χ4n) is 2.06. The Balaban J connectivity index is 2.49. The predicted octanol–water partition coefficient (Wildman–Crippen LogP) is 4.47. The van der Waals surface area contributed by atoms with Crippen LogP contribution in [0.2, 0.25) is 0 Å². The number of para-hydroxylation sites is 1. The van der Waals surface area contributed by atoms with Crippen molar-refractivity contribution in [2.24, 2.45) is 0 Å². The standard InChI is InChI=1S/C18H24N2O5S/c1-17(2,3)24-15(22)20(16(23)25-18(4,5)6)14-19-13-11(10-21)8-7-9-12(13)26-14/h7-9,21H,10H2,1-6H3. The molecular formula is C18H24N2O5S. The van der Waals surface area contributed by atoms with Crippen LogP contribution in [0.15, 0.2) is 18.2 Å². The number of carbonyl (C=O) groups is 2. The van der Waals surface area contributed by atoms with Crippen LogP contribution in [0, 0.1) is 0 Å². The fraction of sp³-hybridized carbons (Fsp3) is 0.500. The van der Waals surface area contributed by atoms with Crippen molar-refractivity contribution < 1.29 is 24.2 Å². The monoisotopic (exact) mass is 380 g/mol. The van der Waals surface area contributed by atoms with Crippen LogP contribution >= 0.6 is 11.3 Å². The first-order valence-corrected chi connectivity index (χ1v) is 8.98. The van der Waals surface area contributed by atoms with Gasteiger partial charge < -0.3 is 14.6 Å². The molecule has 0 fully saturated rings. The van der Waals surface area contributed by atoms with Crippen LogP contribution in [-0.2, 0) is 16.1 Å². The number of hydrogen-bond donors (Lipinski definition) is 1. The lowest BCUT2D eigenvalue weighted by atomic mass is 10.2. The number of hydrogen-bond acceptors (Lipinski definition) is 7. The summed E-state index contributed by atoms with van der Waals surface area (Å²) in [7, 11) is 0. The van der Waals surface area contributed by atoms with Crippen LogP contribution < -0.4 is 4.90 Å². The maximum Gasteiger partial charge on any atom is 0.426 e. The average Bonchev–Trinajstić information content (AvgIpc) is 2.86. The van der Waals surface area contributed by atoms with Crippen molar-refractivity contribution in [3.05, 3.63) is 23.8 Å². The van der Waals surface area contributed by atoms with Crippen LogP contribution in [0.25, 0.3) is 10.2 Å². The molecule has 0 spiro atoms. The number of aliphatic hydroxyl groups is 1. The highest BCUT2D eigenvalue weighted by atomic mass is 32.1. The smallest absolute Gasteiger partial charge is 0.426 e. The van der Waals surface area contributed by atoms with Crippen molar-refractivity contribution in [1.29, 1.82) is 0 Å². The second-order valence-corrected chi connectivity index (χ2v) is 8.72. The summed E-state index contributed by atoms with van der Waals surface area (Å²) in [4.78, 5) is 30.4. The van der Waals surface area contributed by atoms with Crippen LogP contribution in [-0.4, -0.2) is 33.5 Å². The molecule has 142 valence electrons. The average molecular weight is 380 g/mol. The second-order valence-electron chi connectivity index (χ2n) is 7.71. The third-order valence-electron chi connectivity index (χ3n) is 3.01. The van der Waals surface area contributed by atoms with E-state index in [0.29, 0.717) is 11.1 Å². The van der Waals surface area contributed by atoms with E-state index in [-0.39, 0.29) is 11.7 Å². The minimum atomic E-state index is -0.864. The number of thiazole rings is 1. The molecule has 2 rings (SSSR count). The van der Waals surface area contributed by atoms with E-state index in [1.165, 1.54) is 0 Å². The Hall–Kier alpha value is -2.19. The number of carbonyl (C=O) groups excluding carboxylic acids is 2. The third-order valence-corrected chi connectivity index (χ3v) is 4.01. The first-order chi connectivity index (χ1) is 11.9. The van der Waals surface area contributed by atoms with Crippen molar-refractivity contribution in [2.75, 3.05) is 4.90 Å². The topological polar surface area (TPSA) is 89.0 Å². The molecular weight excluding hydrogens is 356 g/mol. The number of rotatable bonds is 2. The zero-order valence-electron chi connectivity index (χ0n) is 15.8. The van der Waals surface area contributed by atoms with Gasteiger partial charge in [0.2, 0.25) is 5.13 Å². The molecule has 2 amide bonds. The van der Waals surface area contributed by atoms with Crippen molar-refractivity contribution >= 4 is 38.9 Å². The molecule has 8 heteroatoms. The zero-order valence-corrected chi connectivity index (χ0v) is 16.6. The van der Waals surface area contributed by atoms with Crippen molar-refractivity contribution in [3.8, 4) is 0 Å². The lowest BCUT2D eigenvalue weighted by Gasteiger charge is -2.27. The molecule has 0 aliphatic heterocycles. The molecule has 0 saturated heterocycles. The number of amides is 2. The van der Waals surface area contributed by atoms with Gasteiger partial charge in [0, 0.05) is 5.56 Å². The van der Waals surface area contributed by atoms with E-state index in [9.17, 15) is 14.7 Å². The van der Waals surface area contributed by atoms with Crippen molar-refractivity contribution in [1.82, 2.24) is 4.98 Å². The van der Waals surface area contributed by atoms with E-state index < -0.39 is 23.4 Å². The predicted molar refractivity (Wildman–Crippen MR) is 100 cm³/mol. The van der Waals surface area contributed by atoms with E-state index in [0.717, 1.165) is 20.9 Å². The van der Waals surface area contributed by atoms with Gasteiger partial charge in [0.25, 0.3) is 0 Å². The molecule has 1 aromatic heterocycles. The molecule has 0 atom stereocenters. The summed E-state index contributed by atoms with van der Waals surface area (Å²) in [5.41, 5.74) is -0.431. The summed E-state index contributed by atoms with van der Waals surface area (Å²) in [6, 6.07) is 5.32. The highest BCUT2D eigenvalue weighted by Crippen LogP contribution is 2.32. The van der Waals surface area contributed by atoms with Gasteiger partial charge in [0.05, 0.1) is 16.8 Å². The molecule has 0 unspecified atom stereocenters. The van der Waals surface area contributed by atoms with Gasteiger partial charge in [0.15, 0.2) is 0 Å². The number of anilines is 1. The van der Waals surface area contributed by atoms with Gasteiger partial charge in [-0.3, -0.25) is 0 Å². The first kappa shape index (κ1) is 20.1. The Bertz CT molecular complexity index is 789. The van der Waals surface area contributed by atoms with E-state index in [4.69, 9.17) is 9.47 Å². The van der Waals surface area contributed by atoms with E-state index >= 15 is 0 Å². The molecule has 2 aromatic rings. The SMILES string of the molecule is CC(C)(C)OC(=O)N(C(=O)OC(C)(C)C)c1nc2c(CO)cccc2s1. The summed E-state index contributed by atoms with van der Waals surface area (Å²) in [5, 5.41) is 9.60. The molecule has 1 aromatic carbocycles. The maximum absolute atomic E-state index is 12.6. The lowest BCUT2D eigenvalue weighted by molar-refractivity contribution is 0.0431. The van der Waals surface area contributed by atoms with E-state index in [1.807, 2.05) is 0 Å². The molecule has 0 bridgehead atoms. The quantitative estimate of drug-likeness (QED) is 0.827. The number of fused-ring (bicyclic) bond motifs is 1. The van der Waals surface area contributed by atoms with Crippen molar-refractivity contribution in [2.45, 2.75) is 59.4 Å². The van der Waals surface area contributed by atoms with Gasteiger partial charge in [-0.1, -0.05) is 23.5 Å². The summed E-state index contributed by atoms with van der Waals surface area (Å²) in [6.45, 7) is 10.1. The largest absolute Gasteiger partial charge is 0.443 e. The Morgan fingerprint density at radius 3 is 2.08 bits per heavy atom. The summed E-state index contributed by atoms with van der Waals surface area (Å²) in [5.74, 6) is 0. The number of aliphatic hydroxyl groups excluding tert-OH is 1. The molecule has 0 saturated carbocycles. The van der Waals surface area contributed by atoms with Gasteiger partial charge >= 0.3 is 12.2 Å². The molecule has 7 nitrogen and oxygen atoms in total. The zero-order chi connectivity index (χ0) is 19.7. The van der Waals surface area contributed by atoms with Gasteiger partial charge in [-0.15, -0.1) is 0 Å². The van der Waals surface area contributed by atoms with Crippen LogP contribution in [0.5, 0.6) is 0 Å². The minimum Gasteiger partial charge on any atom is -0.443 e. The highest BCUT2D eigenvalue weighted by molar-refractivity contribution is 7.22. The lowest BCUT2D eigenvalue weighted by Crippen LogP contribution is -2.43. The van der Waals surface area contributed by atoms with Gasteiger partial charge in [-0.25, -0.2) is 14.6 Å². The Morgan fingerprint density at radius 1 is 1.08 bits per heavy atom. The summed E-state index contributed by atoms with van der Waals surface area (Å²) < 4.78 is 11.4. The number of benzene rings is 1. The van der Waals surface area contributed by atoms with Crippen LogP contribution in [0.4, 0.5) is 14.7 Å². The third kappa shape index (κ3) is 4.92. The number of ether oxygens (including phenoxy) is 2. The highest BCUT2D eigenvalue weighted by Gasteiger charge is 2.34. The van der Waals surface area contributed by atoms with Crippen LogP contribution in [0.1, 0.15) is 47.1 Å². The fourth-order valence-corrected chi connectivity index (χ4v) is 3.06. The summed E-state index contributed by atoms with van der Waals surface area (Å²) in [6.07, 6.45) is -1.73. The van der Waals surface area contributed by atoms with Crippen molar-refractivity contribution in [3.63, 3.8) is 0 Å². The molecule has 26 heavy (non-hydrogen) atoms. The Labute approximate surface area is 156 Å². The normalized spacial score (nSPS) is 12.1. The number of nitrogens with zero attached hydrogens (tertiary/aromatic N) is 2. The molecule has 0 radical (unpaired) electrons. The van der Waals surface area contributed by atoms with E-state index in [1.54, 1.807) is 59.7 Å². The van der Waals surface area contributed by atoms with Gasteiger partial charge in [0.1, 0.15) is 11.2 Å². The van der Waals surface area contributed by atoms with Gasteiger partial charge in [-0.2, -0.15) is 4.90 Å². The van der Waals surface area contributed by atoms with Crippen LogP contribution in [0.3, 0.4) is 0 Å². The summed E-state index contributed by atoms with van der Waals surface area (Å²) >= 11 is 1.15. The molecule has 1 N–H and O–H groups in total. The Morgan fingerprint density at radius 2 is 1.62 bits per heavy atom. The molecule has 1 heterocycles. The second kappa shape index (κ2) is 7.20.